The summed E-state index contributed by atoms with van der Waals surface area (Å²) in [7, 11) is 0. The Morgan fingerprint density at radius 1 is 1.77 bits per heavy atom. The molecule has 0 bridgehead atoms. The Morgan fingerprint density at radius 2 is 2.46 bits per heavy atom. The summed E-state index contributed by atoms with van der Waals surface area (Å²) in [5, 5.41) is 10.4. The van der Waals surface area contributed by atoms with Crippen LogP contribution >= 0.6 is 0 Å². The van der Waals surface area contributed by atoms with Crippen LogP contribution in [0.2, 0.25) is 0 Å². The third kappa shape index (κ3) is 2.79. The molecule has 70 valence electrons. The topological polar surface area (TPSA) is 82.0 Å². The fourth-order valence-electron chi connectivity index (χ4n) is 1.02. The Balaban J connectivity index is 2.85. The van der Waals surface area contributed by atoms with E-state index in [0.29, 0.717) is 12.1 Å². The Hall–Kier alpha value is -1.49. The molecule has 5 heteroatoms. The van der Waals surface area contributed by atoms with Crippen molar-refractivity contribution in [2.24, 2.45) is 5.73 Å². The Kier molecular flexibility index (Phi) is 2.92. The zero-order chi connectivity index (χ0) is 9.84. The van der Waals surface area contributed by atoms with Crippen LogP contribution in [-0.2, 0) is 6.42 Å². The van der Waals surface area contributed by atoms with Gasteiger partial charge in [0.15, 0.2) is 0 Å². The molecule has 0 fully saturated rings. The number of nitrogens with two attached hydrogens (primary N) is 1. The second-order valence-electron chi connectivity index (χ2n) is 2.94. The zero-order valence-corrected chi connectivity index (χ0v) is 7.30. The van der Waals surface area contributed by atoms with Crippen LogP contribution < -0.4 is 5.73 Å². The van der Waals surface area contributed by atoms with Crippen LogP contribution in [0.4, 0.5) is 5.69 Å². The monoisotopic (exact) mass is 181 g/mol. The maximum Gasteiger partial charge on any atom is 0.272 e. The molecule has 1 heterocycles. The molecule has 0 spiro atoms. The van der Waals surface area contributed by atoms with Crippen LogP contribution in [0.25, 0.3) is 0 Å². The molecule has 0 saturated heterocycles. The standard InChI is InChI=1S/C8H11N3O2/c1-6(9)4-7-5-8(11(12)13)2-3-10-7/h2-3,5-6H,4,9H2,1H3. The largest absolute Gasteiger partial charge is 0.328 e. The van der Waals surface area contributed by atoms with Crippen molar-refractivity contribution in [3.8, 4) is 0 Å². The molecule has 1 unspecified atom stereocenters. The SMILES string of the molecule is CC(N)Cc1cc([N+](=O)[O-])ccn1. The average Bonchev–Trinajstić information content (AvgIpc) is 2.03. The normalized spacial score (nSPS) is 12.5. The zero-order valence-electron chi connectivity index (χ0n) is 7.30. The molecular formula is C8H11N3O2. The van der Waals surface area contributed by atoms with Gasteiger partial charge in [0.2, 0.25) is 0 Å². The first kappa shape index (κ1) is 9.60. The fourth-order valence-corrected chi connectivity index (χ4v) is 1.02. The van der Waals surface area contributed by atoms with E-state index in [1.54, 1.807) is 0 Å². The summed E-state index contributed by atoms with van der Waals surface area (Å²) in [6.07, 6.45) is 1.98. The Morgan fingerprint density at radius 3 is 3.00 bits per heavy atom. The lowest BCUT2D eigenvalue weighted by Gasteiger charge is -2.02. The molecule has 1 aromatic heterocycles. The van der Waals surface area contributed by atoms with Crippen LogP contribution in [0.1, 0.15) is 12.6 Å². The Labute approximate surface area is 75.7 Å². The van der Waals surface area contributed by atoms with E-state index in [1.807, 2.05) is 6.92 Å². The fraction of sp³-hybridized carbons (Fsp3) is 0.375. The van der Waals surface area contributed by atoms with Crippen LogP contribution in [0.5, 0.6) is 0 Å². The molecule has 5 nitrogen and oxygen atoms in total. The molecule has 0 aliphatic heterocycles. The Bertz CT molecular complexity index is 312. The van der Waals surface area contributed by atoms with Gasteiger partial charge in [-0.05, 0) is 6.92 Å². The van der Waals surface area contributed by atoms with Crippen molar-refractivity contribution in [2.45, 2.75) is 19.4 Å². The highest BCUT2D eigenvalue weighted by molar-refractivity contribution is 5.29. The van der Waals surface area contributed by atoms with Crippen LogP contribution in [-0.4, -0.2) is 15.9 Å². The molecule has 1 aromatic rings. The van der Waals surface area contributed by atoms with Gasteiger partial charge in [-0.2, -0.15) is 0 Å². The van der Waals surface area contributed by atoms with Gasteiger partial charge < -0.3 is 5.73 Å². The van der Waals surface area contributed by atoms with E-state index in [9.17, 15) is 10.1 Å². The summed E-state index contributed by atoms with van der Waals surface area (Å²) in [4.78, 5) is 13.9. The smallest absolute Gasteiger partial charge is 0.272 e. The summed E-state index contributed by atoms with van der Waals surface area (Å²) in [5.74, 6) is 0. The number of rotatable bonds is 3. The van der Waals surface area contributed by atoms with Crippen molar-refractivity contribution in [1.82, 2.24) is 4.98 Å². The van der Waals surface area contributed by atoms with Gasteiger partial charge in [-0.1, -0.05) is 0 Å². The second kappa shape index (κ2) is 3.95. The number of nitro groups is 1. The van der Waals surface area contributed by atoms with Gasteiger partial charge in [0.25, 0.3) is 5.69 Å². The highest BCUT2D eigenvalue weighted by atomic mass is 16.6. The first-order valence-electron chi connectivity index (χ1n) is 3.94. The molecule has 0 aliphatic rings. The van der Waals surface area contributed by atoms with Crippen LogP contribution in [0.15, 0.2) is 18.3 Å². The average molecular weight is 181 g/mol. The predicted octanol–water partition coefficient (Wildman–Crippen LogP) is 0.880. The molecule has 0 saturated carbocycles. The molecular weight excluding hydrogens is 170 g/mol. The summed E-state index contributed by atoms with van der Waals surface area (Å²) in [6, 6.07) is 2.78. The lowest BCUT2D eigenvalue weighted by Crippen LogP contribution is -2.18. The van der Waals surface area contributed by atoms with Crippen molar-refractivity contribution in [3.63, 3.8) is 0 Å². The molecule has 0 aromatic carbocycles. The summed E-state index contributed by atoms with van der Waals surface area (Å²) >= 11 is 0. The molecule has 1 rings (SSSR count). The van der Waals surface area contributed by atoms with Gasteiger partial charge in [0.05, 0.1) is 4.92 Å². The van der Waals surface area contributed by atoms with Crippen molar-refractivity contribution in [2.75, 3.05) is 0 Å². The van der Waals surface area contributed by atoms with Crippen molar-refractivity contribution >= 4 is 5.69 Å². The van der Waals surface area contributed by atoms with Crippen molar-refractivity contribution in [1.29, 1.82) is 0 Å². The lowest BCUT2D eigenvalue weighted by atomic mass is 10.2. The predicted molar refractivity (Wildman–Crippen MR) is 48.2 cm³/mol. The minimum absolute atomic E-state index is 0.0329. The van der Waals surface area contributed by atoms with Gasteiger partial charge in [-0.25, -0.2) is 0 Å². The summed E-state index contributed by atoms with van der Waals surface area (Å²) in [5.41, 5.74) is 6.26. The van der Waals surface area contributed by atoms with Crippen molar-refractivity contribution in [3.05, 3.63) is 34.1 Å². The molecule has 0 radical (unpaired) electrons. The quantitative estimate of drug-likeness (QED) is 0.554. The molecule has 2 N–H and O–H groups in total. The van der Waals surface area contributed by atoms with E-state index in [0.717, 1.165) is 0 Å². The number of nitrogens with zero attached hydrogens (tertiary/aromatic N) is 2. The van der Waals surface area contributed by atoms with E-state index in [2.05, 4.69) is 4.98 Å². The number of aromatic nitrogens is 1. The van der Waals surface area contributed by atoms with Crippen LogP contribution in [0.3, 0.4) is 0 Å². The maximum absolute atomic E-state index is 10.4. The van der Waals surface area contributed by atoms with Gasteiger partial charge in [-0.15, -0.1) is 0 Å². The minimum Gasteiger partial charge on any atom is -0.328 e. The van der Waals surface area contributed by atoms with E-state index in [1.165, 1.54) is 18.3 Å². The number of hydrogen-bond donors (Lipinski definition) is 1. The third-order valence-electron chi connectivity index (χ3n) is 1.54. The maximum atomic E-state index is 10.4. The summed E-state index contributed by atoms with van der Waals surface area (Å²) in [6.45, 7) is 1.83. The van der Waals surface area contributed by atoms with E-state index in [4.69, 9.17) is 5.73 Å². The molecule has 1 atom stereocenters. The van der Waals surface area contributed by atoms with Gasteiger partial charge in [-0.3, -0.25) is 15.1 Å². The first-order chi connectivity index (χ1) is 6.09. The third-order valence-corrected chi connectivity index (χ3v) is 1.54. The highest BCUT2D eigenvalue weighted by Gasteiger charge is 2.07. The van der Waals surface area contributed by atoms with Gasteiger partial charge in [0.1, 0.15) is 0 Å². The lowest BCUT2D eigenvalue weighted by molar-refractivity contribution is -0.385. The van der Waals surface area contributed by atoms with E-state index < -0.39 is 4.92 Å². The first-order valence-corrected chi connectivity index (χ1v) is 3.94. The number of pyridine rings is 1. The van der Waals surface area contributed by atoms with Crippen molar-refractivity contribution < 1.29 is 4.92 Å². The van der Waals surface area contributed by atoms with Crippen LogP contribution in [0, 0.1) is 10.1 Å². The van der Waals surface area contributed by atoms with Gasteiger partial charge in [0, 0.05) is 36.5 Å². The second-order valence-corrected chi connectivity index (χ2v) is 2.94. The molecule has 0 amide bonds. The minimum atomic E-state index is -0.438. The highest BCUT2D eigenvalue weighted by Crippen LogP contribution is 2.11. The molecule has 13 heavy (non-hydrogen) atoms. The number of hydrogen-bond acceptors (Lipinski definition) is 4. The van der Waals surface area contributed by atoms with Gasteiger partial charge >= 0.3 is 0 Å². The molecule has 0 aliphatic carbocycles. The van der Waals surface area contributed by atoms with E-state index in [-0.39, 0.29) is 11.7 Å². The van der Waals surface area contributed by atoms with E-state index >= 15 is 0 Å². The summed E-state index contributed by atoms with van der Waals surface area (Å²) < 4.78 is 0.